The molecule has 2 saturated heterocycles. The number of carbonyl (C=O) groups excluding carboxylic acids is 1. The van der Waals surface area contributed by atoms with Gasteiger partial charge < -0.3 is 19.9 Å². The molecule has 2 N–H and O–H groups in total. The summed E-state index contributed by atoms with van der Waals surface area (Å²) >= 11 is 0. The van der Waals surface area contributed by atoms with Gasteiger partial charge in [0.25, 0.3) is 0 Å². The lowest BCUT2D eigenvalue weighted by Gasteiger charge is -2.42. The number of ether oxygens (including phenoxy) is 1. The highest BCUT2D eigenvalue weighted by atomic mass is 32.2. The fourth-order valence-electron chi connectivity index (χ4n) is 4.39. The summed E-state index contributed by atoms with van der Waals surface area (Å²) in [4.78, 5) is 16.2. The van der Waals surface area contributed by atoms with Crippen LogP contribution in [0.15, 0.2) is 24.3 Å². The third kappa shape index (κ3) is 6.54. The Morgan fingerprint density at radius 3 is 2.55 bits per heavy atom. The van der Waals surface area contributed by atoms with Crippen LogP contribution in [0.25, 0.3) is 0 Å². The van der Waals surface area contributed by atoms with E-state index in [-0.39, 0.29) is 36.6 Å². The number of halogens is 1. The first-order chi connectivity index (χ1) is 14.8. The molecular weight excluding hydrogens is 423 g/mol. The van der Waals surface area contributed by atoms with Gasteiger partial charge in [-0.1, -0.05) is 12.1 Å². The standard InChI is InChI=1S/C21H33FN4O4S/c1-3-23-21(27)26-12-6-8-18(24-31(2,28)29)20(26)15-30-16-10-13-25(14-11-16)19-9-5-4-7-17(19)22/h4-5,7,9,16,18,20,24H,3,6,8,10-15H2,1-2H3,(H,23,27)/t18-,20-/m0/s1. The third-order valence-electron chi connectivity index (χ3n) is 5.87. The summed E-state index contributed by atoms with van der Waals surface area (Å²) in [5.74, 6) is -0.226. The van der Waals surface area contributed by atoms with Gasteiger partial charge in [-0.15, -0.1) is 0 Å². The van der Waals surface area contributed by atoms with Crippen LogP contribution in [0.4, 0.5) is 14.9 Å². The van der Waals surface area contributed by atoms with Crippen molar-refractivity contribution in [3.8, 4) is 0 Å². The molecule has 8 nitrogen and oxygen atoms in total. The molecular formula is C21H33FN4O4S. The molecule has 0 aromatic heterocycles. The van der Waals surface area contributed by atoms with Gasteiger partial charge in [-0.05, 0) is 44.7 Å². The predicted octanol–water partition coefficient (Wildman–Crippen LogP) is 1.92. The van der Waals surface area contributed by atoms with E-state index in [9.17, 15) is 17.6 Å². The summed E-state index contributed by atoms with van der Waals surface area (Å²) in [6.07, 6.45) is 3.98. The number of para-hydroxylation sites is 1. The van der Waals surface area contributed by atoms with Crippen molar-refractivity contribution in [2.75, 3.05) is 43.9 Å². The number of piperidine rings is 2. The first-order valence-electron chi connectivity index (χ1n) is 10.9. The number of amides is 2. The number of likely N-dealkylation sites (tertiary alicyclic amines) is 1. The predicted molar refractivity (Wildman–Crippen MR) is 118 cm³/mol. The molecule has 2 amide bonds. The van der Waals surface area contributed by atoms with E-state index in [2.05, 4.69) is 10.0 Å². The number of rotatable bonds is 7. The maximum atomic E-state index is 14.0. The summed E-state index contributed by atoms with van der Waals surface area (Å²) < 4.78 is 46.6. The molecule has 2 aliphatic heterocycles. The summed E-state index contributed by atoms with van der Waals surface area (Å²) in [5.41, 5.74) is 0.605. The molecule has 3 rings (SSSR count). The molecule has 10 heteroatoms. The van der Waals surface area contributed by atoms with E-state index in [0.717, 1.165) is 25.5 Å². The molecule has 1 aromatic carbocycles. The number of carbonyl (C=O) groups is 1. The average molecular weight is 457 g/mol. The molecule has 0 radical (unpaired) electrons. The Morgan fingerprint density at radius 2 is 1.90 bits per heavy atom. The number of anilines is 1. The highest BCUT2D eigenvalue weighted by Gasteiger charge is 2.36. The van der Waals surface area contributed by atoms with E-state index in [1.807, 2.05) is 17.9 Å². The first kappa shape index (κ1) is 23.7. The van der Waals surface area contributed by atoms with E-state index in [1.165, 1.54) is 6.07 Å². The van der Waals surface area contributed by atoms with Gasteiger partial charge in [-0.25, -0.2) is 22.3 Å². The molecule has 2 fully saturated rings. The van der Waals surface area contributed by atoms with Crippen molar-refractivity contribution in [2.24, 2.45) is 0 Å². The fourth-order valence-corrected chi connectivity index (χ4v) is 5.21. The maximum Gasteiger partial charge on any atom is 0.317 e. The Kier molecular flexibility index (Phi) is 8.12. The van der Waals surface area contributed by atoms with E-state index >= 15 is 0 Å². The highest BCUT2D eigenvalue weighted by Crippen LogP contribution is 2.25. The van der Waals surface area contributed by atoms with Crippen LogP contribution in [-0.4, -0.2) is 76.6 Å². The van der Waals surface area contributed by atoms with Crippen molar-refractivity contribution < 1.29 is 22.3 Å². The third-order valence-corrected chi connectivity index (χ3v) is 6.60. The smallest absolute Gasteiger partial charge is 0.317 e. The number of hydrogen-bond acceptors (Lipinski definition) is 5. The number of hydrogen-bond donors (Lipinski definition) is 2. The molecule has 2 atom stereocenters. The molecule has 2 heterocycles. The number of benzene rings is 1. The molecule has 31 heavy (non-hydrogen) atoms. The molecule has 2 aliphatic rings. The lowest BCUT2D eigenvalue weighted by atomic mass is 9.97. The van der Waals surface area contributed by atoms with E-state index < -0.39 is 10.0 Å². The number of sulfonamides is 1. The summed E-state index contributed by atoms with van der Waals surface area (Å²) in [7, 11) is -3.41. The second kappa shape index (κ2) is 10.6. The number of nitrogens with one attached hydrogen (secondary N) is 2. The van der Waals surface area contributed by atoms with Crippen LogP contribution in [0.3, 0.4) is 0 Å². The van der Waals surface area contributed by atoms with Crippen molar-refractivity contribution in [1.29, 1.82) is 0 Å². The highest BCUT2D eigenvalue weighted by molar-refractivity contribution is 7.88. The van der Waals surface area contributed by atoms with Crippen LogP contribution >= 0.6 is 0 Å². The van der Waals surface area contributed by atoms with E-state index in [1.54, 1.807) is 17.0 Å². The number of nitrogens with zero attached hydrogens (tertiary/aromatic N) is 2. The summed E-state index contributed by atoms with van der Waals surface area (Å²) in [6.45, 7) is 4.54. The van der Waals surface area contributed by atoms with Gasteiger partial charge in [0.05, 0.1) is 30.7 Å². The molecule has 0 bridgehead atoms. The Labute approximate surface area is 184 Å². The quantitative estimate of drug-likeness (QED) is 0.654. The van der Waals surface area contributed by atoms with Gasteiger partial charge in [0.2, 0.25) is 10.0 Å². The van der Waals surface area contributed by atoms with E-state index in [4.69, 9.17) is 4.74 Å². The van der Waals surface area contributed by atoms with Crippen LogP contribution in [-0.2, 0) is 14.8 Å². The van der Waals surface area contributed by atoms with Crippen molar-refractivity contribution in [1.82, 2.24) is 14.9 Å². The van der Waals surface area contributed by atoms with Crippen LogP contribution < -0.4 is 14.9 Å². The van der Waals surface area contributed by atoms with Gasteiger partial charge in [-0.3, -0.25) is 0 Å². The Balaban J connectivity index is 1.61. The largest absolute Gasteiger partial charge is 0.376 e. The maximum absolute atomic E-state index is 14.0. The van der Waals surface area contributed by atoms with E-state index in [0.29, 0.717) is 38.3 Å². The zero-order valence-electron chi connectivity index (χ0n) is 18.2. The second-order valence-electron chi connectivity index (χ2n) is 8.21. The molecule has 0 unspecified atom stereocenters. The Morgan fingerprint density at radius 1 is 1.19 bits per heavy atom. The minimum atomic E-state index is -3.41. The van der Waals surface area contributed by atoms with Crippen LogP contribution in [0.1, 0.15) is 32.6 Å². The zero-order chi connectivity index (χ0) is 22.4. The molecule has 0 saturated carbocycles. The minimum Gasteiger partial charge on any atom is -0.376 e. The summed E-state index contributed by atoms with van der Waals surface area (Å²) in [5, 5.41) is 2.81. The van der Waals surface area contributed by atoms with Crippen molar-refractivity contribution in [3.63, 3.8) is 0 Å². The SMILES string of the molecule is CCNC(=O)N1CCC[C@H](NS(C)(=O)=O)[C@@H]1COC1CCN(c2ccccc2F)CC1. The average Bonchev–Trinajstić information content (AvgIpc) is 2.72. The van der Waals surface area contributed by atoms with Crippen LogP contribution in [0, 0.1) is 5.82 Å². The number of urea groups is 1. The van der Waals surface area contributed by atoms with Gasteiger partial charge in [-0.2, -0.15) is 0 Å². The van der Waals surface area contributed by atoms with Gasteiger partial charge >= 0.3 is 6.03 Å². The molecule has 0 spiro atoms. The van der Waals surface area contributed by atoms with Crippen molar-refractivity contribution in [3.05, 3.63) is 30.1 Å². The fraction of sp³-hybridized carbons (Fsp3) is 0.667. The van der Waals surface area contributed by atoms with Gasteiger partial charge in [0.1, 0.15) is 5.82 Å². The molecule has 174 valence electrons. The second-order valence-corrected chi connectivity index (χ2v) is 9.99. The normalized spacial score (nSPS) is 23.1. The molecule has 0 aliphatic carbocycles. The monoisotopic (exact) mass is 456 g/mol. The topological polar surface area (TPSA) is 91.0 Å². The summed E-state index contributed by atoms with van der Waals surface area (Å²) in [6, 6.07) is 5.79. The van der Waals surface area contributed by atoms with Crippen molar-refractivity contribution in [2.45, 2.75) is 50.8 Å². The Hall–Kier alpha value is -1.91. The minimum absolute atomic E-state index is 0.0140. The zero-order valence-corrected chi connectivity index (χ0v) is 19.0. The van der Waals surface area contributed by atoms with Crippen LogP contribution in [0.2, 0.25) is 0 Å². The Bertz CT molecular complexity index is 846. The van der Waals surface area contributed by atoms with Gasteiger partial charge in [0, 0.05) is 32.2 Å². The van der Waals surface area contributed by atoms with Gasteiger partial charge in [0.15, 0.2) is 0 Å². The first-order valence-corrected chi connectivity index (χ1v) is 12.8. The van der Waals surface area contributed by atoms with Crippen molar-refractivity contribution >= 4 is 21.7 Å². The van der Waals surface area contributed by atoms with Crippen LogP contribution in [0.5, 0.6) is 0 Å². The lowest BCUT2D eigenvalue weighted by Crippen LogP contribution is -2.60. The molecule has 1 aromatic rings. The lowest BCUT2D eigenvalue weighted by molar-refractivity contribution is -0.00982.